The Hall–Kier alpha value is -0.940. The highest BCUT2D eigenvalue weighted by atomic mass is 127. The molecule has 0 saturated carbocycles. The van der Waals surface area contributed by atoms with Crippen molar-refractivity contribution in [2.75, 3.05) is 31.9 Å². The van der Waals surface area contributed by atoms with Crippen LogP contribution in [0.2, 0.25) is 0 Å². The van der Waals surface area contributed by atoms with Gasteiger partial charge < -0.3 is 10.6 Å². The fourth-order valence-corrected chi connectivity index (χ4v) is 4.12. The van der Waals surface area contributed by atoms with Crippen LogP contribution in [-0.4, -0.2) is 62.0 Å². The van der Waals surface area contributed by atoms with Gasteiger partial charge in [-0.15, -0.1) is 24.0 Å². The standard InChI is InChI=1S/C21H35FN4O2S.HI/c1-5-23-20(24-12-15-29(27,28)21(2,3)4)25-19-10-13-26(14-11-19)16-17-6-8-18(22)9-7-17;/h6-9,19H,5,10-16H2,1-4H3,(H2,23,24,25);1H. The molecule has 0 radical (unpaired) electrons. The summed E-state index contributed by atoms with van der Waals surface area (Å²) in [4.78, 5) is 6.83. The molecule has 0 unspecified atom stereocenters. The highest BCUT2D eigenvalue weighted by molar-refractivity contribution is 14.0. The van der Waals surface area contributed by atoms with Gasteiger partial charge in [0.05, 0.1) is 17.0 Å². The van der Waals surface area contributed by atoms with Crippen LogP contribution < -0.4 is 10.6 Å². The van der Waals surface area contributed by atoms with E-state index in [9.17, 15) is 12.8 Å². The zero-order valence-corrected chi connectivity index (χ0v) is 21.6. The summed E-state index contributed by atoms with van der Waals surface area (Å²) in [6.07, 6.45) is 1.96. The number of aliphatic imine (C=N–C) groups is 1. The largest absolute Gasteiger partial charge is 0.357 e. The van der Waals surface area contributed by atoms with Gasteiger partial charge in [-0.1, -0.05) is 12.1 Å². The number of rotatable bonds is 7. The summed E-state index contributed by atoms with van der Waals surface area (Å²) in [7, 11) is -3.17. The van der Waals surface area contributed by atoms with Crippen LogP contribution in [0.5, 0.6) is 0 Å². The Balaban J connectivity index is 0.00000450. The smallest absolute Gasteiger partial charge is 0.191 e. The van der Waals surface area contributed by atoms with Crippen LogP contribution in [0.1, 0.15) is 46.1 Å². The van der Waals surface area contributed by atoms with Crippen LogP contribution in [-0.2, 0) is 16.4 Å². The molecule has 0 amide bonds. The molecule has 1 fully saturated rings. The molecule has 1 aromatic rings. The molecule has 0 spiro atoms. The normalized spacial score (nSPS) is 16.8. The SMILES string of the molecule is CCNC(=NCCS(=O)(=O)C(C)(C)C)NC1CCN(Cc2ccc(F)cc2)CC1.I. The van der Waals surface area contributed by atoms with Crippen molar-refractivity contribution in [3.63, 3.8) is 0 Å². The number of hydrogen-bond acceptors (Lipinski definition) is 4. The van der Waals surface area contributed by atoms with Crippen molar-refractivity contribution in [3.8, 4) is 0 Å². The molecule has 1 saturated heterocycles. The number of guanidine groups is 1. The van der Waals surface area contributed by atoms with E-state index in [1.54, 1.807) is 20.8 Å². The maximum Gasteiger partial charge on any atom is 0.191 e. The number of nitrogens with one attached hydrogen (secondary N) is 2. The molecule has 1 aliphatic rings. The summed E-state index contributed by atoms with van der Waals surface area (Å²) in [6.45, 7) is 10.8. The number of nitrogens with zero attached hydrogens (tertiary/aromatic N) is 2. The van der Waals surface area contributed by atoms with Gasteiger partial charge in [0.1, 0.15) is 5.82 Å². The molecule has 172 valence electrons. The molecule has 0 aromatic heterocycles. The van der Waals surface area contributed by atoms with Gasteiger partial charge in [-0.3, -0.25) is 9.89 Å². The van der Waals surface area contributed by atoms with Crippen molar-refractivity contribution in [2.45, 2.75) is 57.9 Å². The van der Waals surface area contributed by atoms with Gasteiger partial charge in [0, 0.05) is 32.2 Å². The molecule has 0 aliphatic carbocycles. The predicted molar refractivity (Wildman–Crippen MR) is 133 cm³/mol. The average molecular weight is 555 g/mol. The van der Waals surface area contributed by atoms with Crippen LogP contribution >= 0.6 is 24.0 Å². The molecular weight excluding hydrogens is 518 g/mol. The van der Waals surface area contributed by atoms with E-state index in [0.29, 0.717) is 12.0 Å². The van der Waals surface area contributed by atoms with Gasteiger partial charge in [0.25, 0.3) is 0 Å². The van der Waals surface area contributed by atoms with E-state index in [4.69, 9.17) is 0 Å². The maximum absolute atomic E-state index is 13.0. The van der Waals surface area contributed by atoms with Gasteiger partial charge in [-0.2, -0.15) is 0 Å². The van der Waals surface area contributed by atoms with Gasteiger partial charge in [-0.25, -0.2) is 12.8 Å². The lowest BCUT2D eigenvalue weighted by atomic mass is 10.0. The Morgan fingerprint density at radius 2 is 1.80 bits per heavy atom. The minimum atomic E-state index is -3.17. The van der Waals surface area contributed by atoms with E-state index < -0.39 is 14.6 Å². The first kappa shape index (κ1) is 27.1. The third kappa shape index (κ3) is 8.66. The Morgan fingerprint density at radius 1 is 1.20 bits per heavy atom. The molecule has 1 heterocycles. The Bertz CT molecular complexity index is 771. The van der Waals surface area contributed by atoms with Gasteiger partial charge >= 0.3 is 0 Å². The number of likely N-dealkylation sites (tertiary alicyclic amines) is 1. The van der Waals surface area contributed by atoms with Crippen LogP contribution in [0.4, 0.5) is 4.39 Å². The van der Waals surface area contributed by atoms with Crippen molar-refractivity contribution in [1.29, 1.82) is 0 Å². The lowest BCUT2D eigenvalue weighted by Crippen LogP contribution is -2.48. The third-order valence-corrected chi connectivity index (χ3v) is 7.74. The monoisotopic (exact) mass is 554 g/mol. The molecule has 2 rings (SSSR count). The minimum Gasteiger partial charge on any atom is -0.357 e. The highest BCUT2D eigenvalue weighted by Crippen LogP contribution is 2.16. The number of halogens is 2. The molecule has 1 aliphatic heterocycles. The van der Waals surface area contributed by atoms with Crippen molar-refractivity contribution >= 4 is 39.8 Å². The Kier molecular flexibility index (Phi) is 11.0. The van der Waals surface area contributed by atoms with Gasteiger partial charge in [-0.05, 0) is 58.2 Å². The summed E-state index contributed by atoms with van der Waals surface area (Å²) in [5.74, 6) is 0.513. The average Bonchev–Trinajstić information content (AvgIpc) is 2.64. The number of sulfone groups is 1. The van der Waals surface area contributed by atoms with Crippen molar-refractivity contribution in [3.05, 3.63) is 35.6 Å². The van der Waals surface area contributed by atoms with Crippen LogP contribution in [0.15, 0.2) is 29.3 Å². The zero-order chi connectivity index (χ0) is 21.5. The zero-order valence-electron chi connectivity index (χ0n) is 18.4. The predicted octanol–water partition coefficient (Wildman–Crippen LogP) is 3.18. The number of piperidine rings is 1. The summed E-state index contributed by atoms with van der Waals surface area (Å²) in [5.41, 5.74) is 1.12. The lowest BCUT2D eigenvalue weighted by Gasteiger charge is -2.33. The van der Waals surface area contributed by atoms with Gasteiger partial charge in [0.15, 0.2) is 15.8 Å². The van der Waals surface area contributed by atoms with Gasteiger partial charge in [0.2, 0.25) is 0 Å². The highest BCUT2D eigenvalue weighted by Gasteiger charge is 2.28. The molecule has 0 atom stereocenters. The Labute approximate surface area is 198 Å². The van der Waals surface area contributed by atoms with Crippen molar-refractivity contribution < 1.29 is 12.8 Å². The first-order valence-corrected chi connectivity index (χ1v) is 12.0. The molecule has 30 heavy (non-hydrogen) atoms. The Morgan fingerprint density at radius 3 is 2.33 bits per heavy atom. The molecule has 1 aromatic carbocycles. The fraction of sp³-hybridized carbons (Fsp3) is 0.667. The van der Waals surface area contributed by atoms with E-state index in [2.05, 4.69) is 20.5 Å². The van der Waals surface area contributed by atoms with E-state index in [-0.39, 0.29) is 42.1 Å². The van der Waals surface area contributed by atoms with Crippen LogP contribution in [0, 0.1) is 5.82 Å². The molecule has 2 N–H and O–H groups in total. The number of benzene rings is 1. The van der Waals surface area contributed by atoms with E-state index >= 15 is 0 Å². The molecule has 9 heteroatoms. The summed E-state index contributed by atoms with van der Waals surface area (Å²) < 4.78 is 36.8. The fourth-order valence-electron chi connectivity index (χ4n) is 3.18. The van der Waals surface area contributed by atoms with Crippen molar-refractivity contribution in [1.82, 2.24) is 15.5 Å². The third-order valence-electron chi connectivity index (χ3n) is 5.16. The molecule has 0 bridgehead atoms. The summed E-state index contributed by atoms with van der Waals surface area (Å²) in [5, 5.41) is 6.65. The number of hydrogen-bond donors (Lipinski definition) is 2. The maximum atomic E-state index is 13.0. The van der Waals surface area contributed by atoms with E-state index in [0.717, 1.165) is 44.6 Å². The first-order chi connectivity index (χ1) is 13.6. The van der Waals surface area contributed by atoms with Crippen LogP contribution in [0.3, 0.4) is 0 Å². The van der Waals surface area contributed by atoms with Crippen LogP contribution in [0.25, 0.3) is 0 Å². The first-order valence-electron chi connectivity index (χ1n) is 10.3. The molecular formula is C21H36FIN4O2S. The van der Waals surface area contributed by atoms with E-state index in [1.165, 1.54) is 12.1 Å². The van der Waals surface area contributed by atoms with Crippen molar-refractivity contribution in [2.24, 2.45) is 4.99 Å². The minimum absolute atomic E-state index is 0. The second-order valence-corrected chi connectivity index (χ2v) is 11.4. The quantitative estimate of drug-likeness (QED) is 0.308. The summed E-state index contributed by atoms with van der Waals surface area (Å²) >= 11 is 0. The second-order valence-electron chi connectivity index (χ2n) is 8.51. The topological polar surface area (TPSA) is 73.8 Å². The molecule has 6 nitrogen and oxygen atoms in total. The van der Waals surface area contributed by atoms with E-state index in [1.807, 2.05) is 19.1 Å². The summed E-state index contributed by atoms with van der Waals surface area (Å²) in [6, 6.07) is 6.98. The second kappa shape index (κ2) is 12.2. The lowest BCUT2D eigenvalue weighted by molar-refractivity contribution is 0.198.